The smallest absolute Gasteiger partial charge is 0.0577 e. The third-order valence-corrected chi connectivity index (χ3v) is 23.2. The van der Waals surface area contributed by atoms with Gasteiger partial charge in [0.15, 0.2) is 0 Å². The van der Waals surface area contributed by atoms with E-state index in [0.29, 0.717) is 21.7 Å². The van der Waals surface area contributed by atoms with Crippen molar-refractivity contribution in [3.05, 3.63) is 23.8 Å². The normalized spacial score (nSPS) is 43.6. The van der Waals surface area contributed by atoms with Crippen LogP contribution in [0.1, 0.15) is 255 Å². The molecule has 0 aromatic carbocycles. The van der Waals surface area contributed by atoms with Crippen molar-refractivity contribution < 1.29 is 10.2 Å². The van der Waals surface area contributed by atoms with E-state index < -0.39 is 0 Å². The zero-order valence-corrected chi connectivity index (χ0v) is 44.3. The lowest BCUT2D eigenvalue weighted by Gasteiger charge is -2.61. The van der Waals surface area contributed by atoms with Crippen LogP contribution in [-0.4, -0.2) is 22.4 Å². The number of aliphatic hydroxyl groups is 2. The monoisotopic (exact) mass is 885 g/mol. The van der Waals surface area contributed by atoms with Crippen LogP contribution in [0.5, 0.6) is 0 Å². The standard InChI is InChI=1S/C31H56O.C31H52O/c2*1-6-9-23(10-7-2)12-8-11-22(3)27-15-16-28-26-14-13-24-21-25(32)17-19-30(24,4)29(26)18-20-31(27,28)5/h22-29,32H,6-21H2,1-5H3;8,11,13,22-23,25-29,32H,6-7,9-10,12,14-21H2,1-5H3/b;11-8+/t22-,24?,25+,26+,27-,28+,29+,30+,31-;22-,25+,26+,27-,28+,29+,30+,31-/m11/s1. The lowest BCUT2D eigenvalue weighted by atomic mass is 9.44. The molecule has 0 amide bonds. The maximum absolute atomic E-state index is 10.3. The van der Waals surface area contributed by atoms with Crippen LogP contribution < -0.4 is 0 Å². The van der Waals surface area contributed by atoms with Gasteiger partial charge in [-0.05, 0) is 214 Å². The summed E-state index contributed by atoms with van der Waals surface area (Å²) in [6, 6.07) is 0. The molecule has 0 spiro atoms. The quantitative estimate of drug-likeness (QED) is 0.143. The number of hydrogen-bond acceptors (Lipinski definition) is 2. The van der Waals surface area contributed by atoms with Crippen molar-refractivity contribution in [2.75, 3.05) is 0 Å². The Balaban J connectivity index is 0.000000191. The highest BCUT2D eigenvalue weighted by Crippen LogP contribution is 2.69. The number of allylic oxidation sites excluding steroid dienone is 3. The Bertz CT molecular complexity index is 1500. The first-order valence-corrected chi connectivity index (χ1v) is 29.4. The molecule has 0 heterocycles. The second-order valence-electron chi connectivity index (χ2n) is 26.5. The summed E-state index contributed by atoms with van der Waals surface area (Å²) in [6.45, 7) is 25.2. The molecule has 7 fully saturated rings. The van der Waals surface area contributed by atoms with Gasteiger partial charge in [-0.2, -0.15) is 0 Å². The molecule has 17 atom stereocenters. The molecule has 0 aromatic heterocycles. The van der Waals surface area contributed by atoms with Crippen LogP contribution in [-0.2, 0) is 0 Å². The topological polar surface area (TPSA) is 40.5 Å². The summed E-state index contributed by atoms with van der Waals surface area (Å²) < 4.78 is 0. The fourth-order valence-electron chi connectivity index (χ4n) is 19.8. The minimum Gasteiger partial charge on any atom is -0.393 e. The van der Waals surface area contributed by atoms with E-state index >= 15 is 0 Å². The highest BCUT2D eigenvalue weighted by Gasteiger charge is 2.61. The van der Waals surface area contributed by atoms with Gasteiger partial charge in [-0.3, -0.25) is 0 Å². The molecule has 7 saturated carbocycles. The van der Waals surface area contributed by atoms with Gasteiger partial charge in [0, 0.05) is 0 Å². The SMILES string of the molecule is CCCC(C/C=C/[C@@H](C)[C@H]1CC[C@H]2[C@@H]3CC=C4C[C@@H](O)CC[C@]4(C)[C@H]3CC[C@]12C)CCC.CCCC(CCC)CCC[C@@H](C)[C@H]1CC[C@H]2[C@@H]3CCC4C[C@@H](O)CC[C@]4(C)[C@H]3CC[C@]12C. The molecule has 2 N–H and O–H groups in total. The molecule has 0 saturated heterocycles. The largest absolute Gasteiger partial charge is 0.393 e. The van der Waals surface area contributed by atoms with Crippen LogP contribution in [0.25, 0.3) is 0 Å². The fraction of sp³-hybridized carbons (Fsp3) is 0.935. The van der Waals surface area contributed by atoms with E-state index in [-0.39, 0.29) is 12.2 Å². The van der Waals surface area contributed by atoms with Gasteiger partial charge in [0.05, 0.1) is 12.2 Å². The highest BCUT2D eigenvalue weighted by molar-refractivity contribution is 5.25. The molecule has 1 unspecified atom stereocenters. The molecule has 8 aliphatic rings. The molecular formula is C62H108O2. The first-order chi connectivity index (χ1) is 30.7. The van der Waals surface area contributed by atoms with Crippen molar-refractivity contribution in [1.29, 1.82) is 0 Å². The van der Waals surface area contributed by atoms with Gasteiger partial charge < -0.3 is 10.2 Å². The molecule has 8 rings (SSSR count). The summed E-state index contributed by atoms with van der Waals surface area (Å²) in [6.07, 6.45) is 47.0. The van der Waals surface area contributed by atoms with E-state index in [1.54, 1.807) is 5.57 Å². The van der Waals surface area contributed by atoms with E-state index in [4.69, 9.17) is 0 Å². The summed E-state index contributed by atoms with van der Waals surface area (Å²) >= 11 is 0. The van der Waals surface area contributed by atoms with Crippen molar-refractivity contribution in [1.82, 2.24) is 0 Å². The number of hydrogen-bond donors (Lipinski definition) is 2. The van der Waals surface area contributed by atoms with Crippen molar-refractivity contribution >= 4 is 0 Å². The Labute approximate surface area is 398 Å². The number of rotatable bonds is 17. The van der Waals surface area contributed by atoms with E-state index in [1.807, 2.05) is 0 Å². The van der Waals surface area contributed by atoms with Gasteiger partial charge in [-0.15, -0.1) is 0 Å². The summed E-state index contributed by atoms with van der Waals surface area (Å²) in [4.78, 5) is 0. The fourth-order valence-corrected chi connectivity index (χ4v) is 19.8. The zero-order valence-electron chi connectivity index (χ0n) is 44.3. The number of aliphatic hydroxyl groups excluding tert-OH is 2. The van der Waals surface area contributed by atoms with Gasteiger partial charge in [0.2, 0.25) is 0 Å². The van der Waals surface area contributed by atoms with Gasteiger partial charge in [0.25, 0.3) is 0 Å². The minimum absolute atomic E-state index is 0.00978. The Morgan fingerprint density at radius 3 is 1.84 bits per heavy atom. The molecule has 8 aliphatic carbocycles. The third-order valence-electron chi connectivity index (χ3n) is 23.2. The van der Waals surface area contributed by atoms with Crippen LogP contribution >= 0.6 is 0 Å². The minimum atomic E-state index is -0.0857. The van der Waals surface area contributed by atoms with E-state index in [9.17, 15) is 10.2 Å². The zero-order chi connectivity index (χ0) is 45.9. The van der Waals surface area contributed by atoms with E-state index in [0.717, 1.165) is 103 Å². The molecule has 0 bridgehead atoms. The molecule has 64 heavy (non-hydrogen) atoms. The molecule has 0 radical (unpaired) electrons. The Morgan fingerprint density at radius 1 is 0.578 bits per heavy atom. The third kappa shape index (κ3) is 10.3. The molecule has 2 heteroatoms. The Hall–Kier alpha value is -0.600. The van der Waals surface area contributed by atoms with Gasteiger partial charge in [-0.1, -0.05) is 164 Å². The van der Waals surface area contributed by atoms with Crippen molar-refractivity contribution in [2.24, 2.45) is 98.6 Å². The second kappa shape index (κ2) is 22.0. The van der Waals surface area contributed by atoms with Crippen LogP contribution in [0.3, 0.4) is 0 Å². The van der Waals surface area contributed by atoms with Crippen molar-refractivity contribution in [3.8, 4) is 0 Å². The molecule has 368 valence electrons. The van der Waals surface area contributed by atoms with Crippen LogP contribution in [0.2, 0.25) is 0 Å². The molecule has 0 aromatic rings. The average molecular weight is 886 g/mol. The van der Waals surface area contributed by atoms with Crippen molar-refractivity contribution in [3.63, 3.8) is 0 Å². The molecular weight excluding hydrogens is 777 g/mol. The maximum Gasteiger partial charge on any atom is 0.0577 e. The Morgan fingerprint density at radius 2 is 1.16 bits per heavy atom. The lowest BCUT2D eigenvalue weighted by Crippen LogP contribution is -2.54. The maximum atomic E-state index is 10.3. The summed E-state index contributed by atoms with van der Waals surface area (Å²) in [5, 5.41) is 20.6. The van der Waals surface area contributed by atoms with Gasteiger partial charge >= 0.3 is 0 Å². The predicted octanol–water partition coefficient (Wildman–Crippen LogP) is 17.8. The highest BCUT2D eigenvalue weighted by atomic mass is 16.3. The molecule has 0 aliphatic heterocycles. The van der Waals surface area contributed by atoms with Crippen molar-refractivity contribution in [2.45, 2.75) is 268 Å². The summed E-state index contributed by atoms with van der Waals surface area (Å²) in [7, 11) is 0. The summed E-state index contributed by atoms with van der Waals surface area (Å²) in [5.74, 6) is 11.8. The van der Waals surface area contributed by atoms with Gasteiger partial charge in [0.1, 0.15) is 0 Å². The lowest BCUT2D eigenvalue weighted by molar-refractivity contribution is -0.129. The number of fused-ring (bicyclic) bond motifs is 10. The van der Waals surface area contributed by atoms with Crippen LogP contribution in [0.15, 0.2) is 23.8 Å². The first-order valence-electron chi connectivity index (χ1n) is 29.4. The molecule has 2 nitrogen and oxygen atoms in total. The van der Waals surface area contributed by atoms with Crippen LogP contribution in [0, 0.1) is 98.6 Å². The Kier molecular flexibility index (Phi) is 17.6. The van der Waals surface area contributed by atoms with Crippen LogP contribution in [0.4, 0.5) is 0 Å². The average Bonchev–Trinajstić information content (AvgIpc) is 3.81. The van der Waals surface area contributed by atoms with E-state index in [2.05, 4.69) is 87.5 Å². The predicted molar refractivity (Wildman–Crippen MR) is 275 cm³/mol. The summed E-state index contributed by atoms with van der Waals surface area (Å²) in [5.41, 5.74) is 3.67. The second-order valence-corrected chi connectivity index (χ2v) is 26.5. The van der Waals surface area contributed by atoms with E-state index in [1.165, 1.54) is 161 Å². The van der Waals surface area contributed by atoms with Gasteiger partial charge in [-0.25, -0.2) is 0 Å². The first kappa shape index (κ1) is 51.3.